The summed E-state index contributed by atoms with van der Waals surface area (Å²) in [5.74, 6) is 0.580. The van der Waals surface area contributed by atoms with Crippen LogP contribution in [-0.2, 0) is 9.47 Å². The first kappa shape index (κ1) is 13.8. The van der Waals surface area contributed by atoms with E-state index >= 15 is 0 Å². The zero-order chi connectivity index (χ0) is 12.7. The summed E-state index contributed by atoms with van der Waals surface area (Å²) in [6, 6.07) is 5.11. The lowest BCUT2D eigenvalue weighted by atomic mass is 10.2. The molecule has 0 saturated carbocycles. The average Bonchev–Trinajstić information content (AvgIpc) is 2.32. The Hall–Kier alpha value is -1.26. The van der Waals surface area contributed by atoms with Crippen molar-refractivity contribution in [1.29, 1.82) is 0 Å². The van der Waals surface area contributed by atoms with E-state index in [1.54, 1.807) is 18.2 Å². The van der Waals surface area contributed by atoms with Gasteiger partial charge in [0.1, 0.15) is 0 Å². The third-order valence-corrected chi connectivity index (χ3v) is 2.19. The molecule has 0 spiro atoms. The van der Waals surface area contributed by atoms with Crippen molar-refractivity contribution >= 4 is 0 Å². The van der Waals surface area contributed by atoms with Gasteiger partial charge in [-0.3, -0.25) is 0 Å². The van der Waals surface area contributed by atoms with E-state index in [4.69, 9.17) is 14.2 Å². The molecule has 1 aromatic carbocycles. The van der Waals surface area contributed by atoms with Gasteiger partial charge >= 0.3 is 0 Å². The van der Waals surface area contributed by atoms with E-state index in [1.807, 2.05) is 20.8 Å². The van der Waals surface area contributed by atoms with Gasteiger partial charge in [0.25, 0.3) is 0 Å². The highest BCUT2D eigenvalue weighted by atomic mass is 16.7. The number of ether oxygens (including phenoxy) is 3. The summed E-state index contributed by atoms with van der Waals surface area (Å²) < 4.78 is 16.3. The molecule has 17 heavy (non-hydrogen) atoms. The maximum atomic E-state index is 9.60. The summed E-state index contributed by atoms with van der Waals surface area (Å²) in [4.78, 5) is 0. The van der Waals surface area contributed by atoms with E-state index < -0.39 is 6.29 Å². The van der Waals surface area contributed by atoms with Gasteiger partial charge in [0.15, 0.2) is 17.8 Å². The number of hydrogen-bond donors (Lipinski definition) is 1. The van der Waals surface area contributed by atoms with Crippen molar-refractivity contribution in [2.24, 2.45) is 0 Å². The monoisotopic (exact) mass is 240 g/mol. The van der Waals surface area contributed by atoms with Crippen LogP contribution in [-0.4, -0.2) is 24.9 Å². The van der Waals surface area contributed by atoms with Crippen molar-refractivity contribution in [3.8, 4) is 11.5 Å². The Morgan fingerprint density at radius 3 is 2.24 bits per heavy atom. The van der Waals surface area contributed by atoms with Gasteiger partial charge in [-0.05, 0) is 32.9 Å². The van der Waals surface area contributed by atoms with Crippen LogP contribution in [0.4, 0.5) is 0 Å². The molecule has 0 aliphatic rings. The van der Waals surface area contributed by atoms with Gasteiger partial charge in [0.05, 0.1) is 6.61 Å². The minimum Gasteiger partial charge on any atom is -0.504 e. The van der Waals surface area contributed by atoms with Crippen LogP contribution in [0.25, 0.3) is 0 Å². The van der Waals surface area contributed by atoms with Crippen molar-refractivity contribution in [3.63, 3.8) is 0 Å². The predicted molar refractivity (Wildman–Crippen MR) is 65.3 cm³/mol. The van der Waals surface area contributed by atoms with Crippen molar-refractivity contribution in [1.82, 2.24) is 0 Å². The van der Waals surface area contributed by atoms with E-state index in [-0.39, 0.29) is 5.75 Å². The number of hydrogen-bond acceptors (Lipinski definition) is 4. The van der Waals surface area contributed by atoms with E-state index in [9.17, 15) is 5.11 Å². The first-order valence-corrected chi connectivity index (χ1v) is 5.91. The molecule has 96 valence electrons. The molecule has 1 rings (SSSR count). The summed E-state index contributed by atoms with van der Waals surface area (Å²) in [5.41, 5.74) is 0.843. The molecule has 0 radical (unpaired) electrons. The number of aromatic hydroxyl groups is 1. The molecular formula is C13H20O4. The summed E-state index contributed by atoms with van der Waals surface area (Å²) in [7, 11) is 0. The maximum absolute atomic E-state index is 9.60. The first-order chi connectivity index (χ1) is 8.22. The number of rotatable bonds is 7. The molecule has 0 amide bonds. The zero-order valence-electron chi connectivity index (χ0n) is 10.6. The molecule has 1 N–H and O–H groups in total. The Labute approximate surface area is 102 Å². The average molecular weight is 240 g/mol. The van der Waals surface area contributed by atoms with Crippen LogP contribution in [0.15, 0.2) is 18.2 Å². The molecule has 0 bridgehead atoms. The molecule has 0 saturated heterocycles. The van der Waals surface area contributed by atoms with Crippen LogP contribution < -0.4 is 4.74 Å². The molecule has 0 heterocycles. The summed E-state index contributed by atoms with van der Waals surface area (Å²) in [5, 5.41) is 9.60. The second kappa shape index (κ2) is 7.14. The van der Waals surface area contributed by atoms with Gasteiger partial charge in [-0.25, -0.2) is 0 Å². The van der Waals surface area contributed by atoms with Gasteiger partial charge < -0.3 is 19.3 Å². The van der Waals surface area contributed by atoms with Crippen LogP contribution in [0.5, 0.6) is 11.5 Å². The third-order valence-electron chi connectivity index (χ3n) is 2.19. The number of phenols is 1. The largest absolute Gasteiger partial charge is 0.504 e. The Kier molecular flexibility index (Phi) is 5.80. The molecule has 0 aromatic heterocycles. The Morgan fingerprint density at radius 1 is 1.06 bits per heavy atom. The Bertz CT molecular complexity index is 332. The normalized spacial score (nSPS) is 10.8. The van der Waals surface area contributed by atoms with Gasteiger partial charge in [-0.15, -0.1) is 0 Å². The van der Waals surface area contributed by atoms with Crippen molar-refractivity contribution in [2.75, 3.05) is 19.8 Å². The van der Waals surface area contributed by atoms with Crippen LogP contribution in [0, 0.1) is 0 Å². The standard InChI is InChI=1S/C13H20O4/c1-4-15-12-9-10(7-8-11(12)14)13(16-5-2)17-6-3/h7-9,13-14H,4-6H2,1-3H3. The summed E-state index contributed by atoms with van der Waals surface area (Å²) in [6.45, 7) is 7.33. The van der Waals surface area contributed by atoms with E-state index in [0.717, 1.165) is 5.56 Å². The molecule has 0 fully saturated rings. The van der Waals surface area contributed by atoms with E-state index in [2.05, 4.69) is 0 Å². The topological polar surface area (TPSA) is 47.9 Å². The molecule has 1 aromatic rings. The van der Waals surface area contributed by atoms with Gasteiger partial charge in [0, 0.05) is 18.8 Å². The van der Waals surface area contributed by atoms with Crippen molar-refractivity contribution in [2.45, 2.75) is 27.1 Å². The fraction of sp³-hybridized carbons (Fsp3) is 0.538. The number of phenolic OH excluding ortho intramolecular Hbond substituents is 1. The lowest BCUT2D eigenvalue weighted by Crippen LogP contribution is -2.09. The van der Waals surface area contributed by atoms with Crippen LogP contribution in [0.1, 0.15) is 32.6 Å². The Balaban J connectivity index is 2.90. The first-order valence-electron chi connectivity index (χ1n) is 5.91. The fourth-order valence-electron chi connectivity index (χ4n) is 1.49. The van der Waals surface area contributed by atoms with Crippen LogP contribution >= 0.6 is 0 Å². The number of benzene rings is 1. The minimum absolute atomic E-state index is 0.127. The quantitative estimate of drug-likeness (QED) is 0.744. The fourth-order valence-corrected chi connectivity index (χ4v) is 1.49. The van der Waals surface area contributed by atoms with E-state index in [1.165, 1.54) is 0 Å². The molecule has 0 atom stereocenters. The maximum Gasteiger partial charge on any atom is 0.183 e. The van der Waals surface area contributed by atoms with Crippen molar-refractivity contribution < 1.29 is 19.3 Å². The minimum atomic E-state index is -0.412. The Morgan fingerprint density at radius 2 is 1.71 bits per heavy atom. The zero-order valence-corrected chi connectivity index (χ0v) is 10.6. The lowest BCUT2D eigenvalue weighted by molar-refractivity contribution is -0.140. The lowest BCUT2D eigenvalue weighted by Gasteiger charge is -2.18. The summed E-state index contributed by atoms with van der Waals surface area (Å²) in [6.07, 6.45) is -0.412. The SMILES string of the molecule is CCOc1cc(C(OCC)OCC)ccc1O. The predicted octanol–water partition coefficient (Wildman–Crippen LogP) is 2.86. The van der Waals surface area contributed by atoms with Crippen molar-refractivity contribution in [3.05, 3.63) is 23.8 Å². The molecule has 0 unspecified atom stereocenters. The molecule has 4 nitrogen and oxygen atoms in total. The van der Waals surface area contributed by atoms with Crippen LogP contribution in [0.2, 0.25) is 0 Å². The highest BCUT2D eigenvalue weighted by Gasteiger charge is 2.13. The third kappa shape index (κ3) is 3.91. The highest BCUT2D eigenvalue weighted by molar-refractivity contribution is 5.42. The van der Waals surface area contributed by atoms with E-state index in [0.29, 0.717) is 25.6 Å². The molecular weight excluding hydrogens is 220 g/mol. The molecule has 4 heteroatoms. The second-order valence-corrected chi connectivity index (χ2v) is 3.40. The smallest absolute Gasteiger partial charge is 0.183 e. The summed E-state index contributed by atoms with van der Waals surface area (Å²) >= 11 is 0. The highest BCUT2D eigenvalue weighted by Crippen LogP contribution is 2.30. The molecule has 0 aliphatic carbocycles. The molecule has 0 aliphatic heterocycles. The van der Waals surface area contributed by atoms with Gasteiger partial charge in [0.2, 0.25) is 0 Å². The van der Waals surface area contributed by atoms with Crippen LogP contribution in [0.3, 0.4) is 0 Å². The van der Waals surface area contributed by atoms with Gasteiger partial charge in [-0.2, -0.15) is 0 Å². The second-order valence-electron chi connectivity index (χ2n) is 3.40. The van der Waals surface area contributed by atoms with Gasteiger partial charge in [-0.1, -0.05) is 6.07 Å².